The van der Waals surface area contributed by atoms with E-state index in [1.165, 1.54) is 6.21 Å². The molecule has 0 fully saturated rings. The van der Waals surface area contributed by atoms with E-state index in [4.69, 9.17) is 28.6 Å². The van der Waals surface area contributed by atoms with Gasteiger partial charge in [0.15, 0.2) is 0 Å². The van der Waals surface area contributed by atoms with Crippen molar-refractivity contribution in [2.24, 2.45) is 5.10 Å². The third-order valence-electron chi connectivity index (χ3n) is 3.59. The number of halogens is 1. The van der Waals surface area contributed by atoms with E-state index in [1.807, 2.05) is 48.5 Å². The maximum Gasteiger partial charge on any atom is 0.296 e. The minimum Gasteiger partial charge on any atom is -0.488 e. The van der Waals surface area contributed by atoms with Gasteiger partial charge < -0.3 is 4.74 Å². The van der Waals surface area contributed by atoms with Crippen LogP contribution in [0.2, 0.25) is 5.02 Å². The number of aryl methyl sites for hydroxylation is 1. The van der Waals surface area contributed by atoms with Crippen LogP contribution in [0.4, 0.5) is 0 Å². The maximum absolute atomic E-state index is 12.1. The summed E-state index contributed by atoms with van der Waals surface area (Å²) in [6.07, 6.45) is 1.52. The zero-order valence-corrected chi connectivity index (χ0v) is 15.4. The molecule has 26 heavy (non-hydrogen) atoms. The van der Waals surface area contributed by atoms with Crippen LogP contribution in [0.1, 0.15) is 16.8 Å². The van der Waals surface area contributed by atoms with Crippen LogP contribution >= 0.6 is 23.8 Å². The maximum atomic E-state index is 12.1. The fourth-order valence-corrected chi connectivity index (χ4v) is 2.55. The van der Waals surface area contributed by atoms with Crippen LogP contribution in [0, 0.1) is 11.7 Å². The van der Waals surface area contributed by atoms with Gasteiger partial charge in [-0.1, -0.05) is 41.9 Å². The Morgan fingerprint density at radius 2 is 2.00 bits per heavy atom. The lowest BCUT2D eigenvalue weighted by Crippen LogP contribution is -2.22. The SMILES string of the molecule is Cc1n[nH]c(=S)n(/N=C/c2ccccc2OCc2ccccc2Cl)c1=O. The molecular formula is C18H15ClN4O2S. The second kappa shape index (κ2) is 8.07. The van der Waals surface area contributed by atoms with Gasteiger partial charge in [0.25, 0.3) is 5.56 Å². The van der Waals surface area contributed by atoms with Gasteiger partial charge in [-0.05, 0) is 37.3 Å². The van der Waals surface area contributed by atoms with Crippen molar-refractivity contribution in [1.82, 2.24) is 14.9 Å². The Hall–Kier alpha value is -2.77. The molecule has 0 saturated heterocycles. The second-order valence-corrected chi connectivity index (χ2v) is 6.19. The van der Waals surface area contributed by atoms with Gasteiger partial charge in [0.1, 0.15) is 18.1 Å². The molecule has 0 bridgehead atoms. The van der Waals surface area contributed by atoms with Crippen molar-refractivity contribution in [3.8, 4) is 5.75 Å². The first-order chi connectivity index (χ1) is 12.6. The largest absolute Gasteiger partial charge is 0.488 e. The molecule has 1 aromatic heterocycles. The number of benzene rings is 2. The summed E-state index contributed by atoms with van der Waals surface area (Å²) >= 11 is 11.2. The van der Waals surface area contributed by atoms with Crippen molar-refractivity contribution in [2.45, 2.75) is 13.5 Å². The van der Waals surface area contributed by atoms with Crippen LogP contribution in [-0.4, -0.2) is 21.1 Å². The predicted octanol–water partition coefficient (Wildman–Crippen LogP) is 3.72. The van der Waals surface area contributed by atoms with E-state index in [0.717, 1.165) is 10.2 Å². The average Bonchev–Trinajstić information content (AvgIpc) is 2.65. The molecule has 0 atom stereocenters. The summed E-state index contributed by atoms with van der Waals surface area (Å²) in [5, 5.41) is 11.2. The van der Waals surface area contributed by atoms with Crippen molar-refractivity contribution in [2.75, 3.05) is 0 Å². The Labute approximate surface area is 159 Å². The topological polar surface area (TPSA) is 72.3 Å². The van der Waals surface area contributed by atoms with E-state index >= 15 is 0 Å². The number of hydrogen-bond donors (Lipinski definition) is 1. The number of para-hydroxylation sites is 1. The van der Waals surface area contributed by atoms with E-state index in [2.05, 4.69) is 15.3 Å². The third-order valence-corrected chi connectivity index (χ3v) is 4.22. The number of aromatic nitrogens is 3. The summed E-state index contributed by atoms with van der Waals surface area (Å²) in [5.41, 5.74) is 1.48. The van der Waals surface area contributed by atoms with Gasteiger partial charge in [-0.15, -0.1) is 0 Å². The van der Waals surface area contributed by atoms with Gasteiger partial charge in [-0.25, -0.2) is 0 Å². The van der Waals surface area contributed by atoms with Crippen LogP contribution in [0.5, 0.6) is 5.75 Å². The molecule has 2 aromatic carbocycles. The van der Waals surface area contributed by atoms with E-state index in [9.17, 15) is 4.79 Å². The predicted molar refractivity (Wildman–Crippen MR) is 104 cm³/mol. The number of aromatic amines is 1. The van der Waals surface area contributed by atoms with E-state index < -0.39 is 0 Å². The molecular weight excluding hydrogens is 372 g/mol. The van der Waals surface area contributed by atoms with Crippen molar-refractivity contribution < 1.29 is 4.74 Å². The molecule has 8 heteroatoms. The molecule has 3 rings (SSSR count). The third kappa shape index (κ3) is 4.07. The van der Waals surface area contributed by atoms with Crippen LogP contribution in [-0.2, 0) is 6.61 Å². The first kappa shape index (κ1) is 18.0. The lowest BCUT2D eigenvalue weighted by Gasteiger charge is -2.10. The fourth-order valence-electron chi connectivity index (χ4n) is 2.19. The van der Waals surface area contributed by atoms with Crippen LogP contribution in [0.25, 0.3) is 0 Å². The zero-order chi connectivity index (χ0) is 18.5. The highest BCUT2D eigenvalue weighted by Gasteiger charge is 2.05. The molecule has 0 aliphatic heterocycles. The zero-order valence-electron chi connectivity index (χ0n) is 13.8. The molecule has 0 aliphatic rings. The van der Waals surface area contributed by atoms with Gasteiger partial charge in [0.2, 0.25) is 4.77 Å². The van der Waals surface area contributed by atoms with Crippen LogP contribution in [0.15, 0.2) is 58.4 Å². The first-order valence-electron chi connectivity index (χ1n) is 7.74. The number of nitrogens with zero attached hydrogens (tertiary/aromatic N) is 3. The number of hydrogen-bond acceptors (Lipinski definition) is 5. The van der Waals surface area contributed by atoms with Crippen molar-refractivity contribution >= 4 is 30.0 Å². The summed E-state index contributed by atoms with van der Waals surface area (Å²) in [4.78, 5) is 12.1. The normalized spacial score (nSPS) is 11.0. The highest BCUT2D eigenvalue weighted by molar-refractivity contribution is 7.71. The quantitative estimate of drug-likeness (QED) is 0.535. The molecule has 0 unspecified atom stereocenters. The molecule has 3 aromatic rings. The smallest absolute Gasteiger partial charge is 0.296 e. The molecule has 1 N–H and O–H groups in total. The van der Waals surface area contributed by atoms with E-state index in [0.29, 0.717) is 22.9 Å². The molecule has 0 amide bonds. The van der Waals surface area contributed by atoms with Gasteiger partial charge in [0.05, 0.1) is 6.21 Å². The minimum absolute atomic E-state index is 0.117. The molecule has 132 valence electrons. The van der Waals surface area contributed by atoms with Crippen molar-refractivity contribution in [3.63, 3.8) is 0 Å². The lowest BCUT2D eigenvalue weighted by molar-refractivity contribution is 0.306. The molecule has 0 saturated carbocycles. The number of nitrogens with one attached hydrogen (secondary N) is 1. The highest BCUT2D eigenvalue weighted by Crippen LogP contribution is 2.20. The molecule has 0 spiro atoms. The summed E-state index contributed by atoms with van der Waals surface area (Å²) in [5.74, 6) is 0.616. The second-order valence-electron chi connectivity index (χ2n) is 5.39. The Kier molecular flexibility index (Phi) is 5.60. The van der Waals surface area contributed by atoms with Crippen molar-refractivity contribution in [1.29, 1.82) is 0 Å². The van der Waals surface area contributed by atoms with Gasteiger partial charge in [0, 0.05) is 16.1 Å². The summed E-state index contributed by atoms with van der Waals surface area (Å²) in [6, 6.07) is 14.8. The standard InChI is InChI=1S/C18H15ClN4O2S/c1-12-17(24)23(18(26)22-21-12)20-10-13-6-3-5-9-16(13)25-11-14-7-2-4-8-15(14)19/h2-10H,11H2,1H3,(H,22,26)/b20-10+. The Bertz CT molecular complexity index is 1080. The molecule has 6 nitrogen and oxygen atoms in total. The van der Waals surface area contributed by atoms with Gasteiger partial charge in [-0.2, -0.15) is 14.9 Å². The number of ether oxygens (including phenoxy) is 1. The number of H-pyrrole nitrogens is 1. The Balaban J connectivity index is 1.86. The van der Waals surface area contributed by atoms with Crippen LogP contribution in [0.3, 0.4) is 0 Å². The summed E-state index contributed by atoms with van der Waals surface area (Å²) in [7, 11) is 0. The van der Waals surface area contributed by atoms with Gasteiger partial charge in [-0.3, -0.25) is 9.89 Å². The van der Waals surface area contributed by atoms with E-state index in [1.54, 1.807) is 6.92 Å². The Morgan fingerprint density at radius 1 is 1.27 bits per heavy atom. The first-order valence-corrected chi connectivity index (χ1v) is 8.53. The van der Waals surface area contributed by atoms with Gasteiger partial charge >= 0.3 is 0 Å². The molecule has 1 heterocycles. The Morgan fingerprint density at radius 3 is 2.81 bits per heavy atom. The fraction of sp³-hybridized carbons (Fsp3) is 0.111. The van der Waals surface area contributed by atoms with E-state index in [-0.39, 0.29) is 16.0 Å². The van der Waals surface area contributed by atoms with Crippen molar-refractivity contribution in [3.05, 3.63) is 85.5 Å². The molecule has 0 aliphatic carbocycles. The number of rotatable bonds is 5. The summed E-state index contributed by atoms with van der Waals surface area (Å²) < 4.78 is 7.07. The average molecular weight is 387 g/mol. The lowest BCUT2D eigenvalue weighted by atomic mass is 10.2. The van der Waals surface area contributed by atoms with Crippen LogP contribution < -0.4 is 10.3 Å². The minimum atomic E-state index is -0.375. The highest BCUT2D eigenvalue weighted by atomic mass is 35.5. The monoisotopic (exact) mass is 386 g/mol. The molecule has 0 radical (unpaired) electrons. The summed E-state index contributed by atoms with van der Waals surface area (Å²) in [6.45, 7) is 1.90.